The molecule has 1 amide bonds. The van der Waals surface area contributed by atoms with Crippen LogP contribution in [0.15, 0.2) is 83.8 Å². The van der Waals surface area contributed by atoms with E-state index in [2.05, 4.69) is 15.4 Å². The third-order valence-electron chi connectivity index (χ3n) is 4.66. The average Bonchev–Trinajstić information content (AvgIpc) is 2.83. The van der Waals surface area contributed by atoms with Crippen LogP contribution < -0.4 is 14.9 Å². The Labute approximate surface area is 186 Å². The Morgan fingerprint density at radius 3 is 2.25 bits per heavy atom. The highest BCUT2D eigenvalue weighted by atomic mass is 32.2. The maximum atomic E-state index is 12.9. The summed E-state index contributed by atoms with van der Waals surface area (Å²) in [6.45, 7) is -0.0726. The number of nitrogens with zero attached hydrogens (tertiary/aromatic N) is 1. The SMILES string of the molecule is COC(=O)c1ccc(NC(=O)CNc2cccc(S(=O)(=O)N(C)c3ccccc3)c2)cc1. The first-order valence-corrected chi connectivity index (χ1v) is 11.1. The number of sulfonamides is 1. The molecule has 0 bridgehead atoms. The summed E-state index contributed by atoms with van der Waals surface area (Å²) in [5.74, 6) is -0.789. The van der Waals surface area contributed by atoms with Crippen LogP contribution in [0.2, 0.25) is 0 Å². The van der Waals surface area contributed by atoms with Crippen LogP contribution in [0.3, 0.4) is 0 Å². The van der Waals surface area contributed by atoms with E-state index in [4.69, 9.17) is 0 Å². The number of carbonyl (C=O) groups excluding carboxylic acids is 2. The van der Waals surface area contributed by atoms with Gasteiger partial charge >= 0.3 is 5.97 Å². The lowest BCUT2D eigenvalue weighted by atomic mass is 10.2. The van der Waals surface area contributed by atoms with E-state index in [1.54, 1.807) is 60.7 Å². The minimum atomic E-state index is -3.76. The zero-order valence-electron chi connectivity index (χ0n) is 17.6. The molecule has 9 heteroatoms. The zero-order valence-corrected chi connectivity index (χ0v) is 18.4. The third-order valence-corrected chi connectivity index (χ3v) is 6.44. The fourth-order valence-corrected chi connectivity index (χ4v) is 4.14. The molecule has 0 aliphatic carbocycles. The second-order valence-corrected chi connectivity index (χ2v) is 8.78. The van der Waals surface area contributed by atoms with Crippen molar-refractivity contribution in [2.24, 2.45) is 0 Å². The number of benzene rings is 3. The van der Waals surface area contributed by atoms with Crippen molar-refractivity contribution in [1.29, 1.82) is 0 Å². The van der Waals surface area contributed by atoms with Crippen molar-refractivity contribution in [1.82, 2.24) is 0 Å². The molecule has 3 aromatic carbocycles. The van der Waals surface area contributed by atoms with Gasteiger partial charge in [-0.1, -0.05) is 24.3 Å². The summed E-state index contributed by atoms with van der Waals surface area (Å²) in [6.07, 6.45) is 0. The van der Waals surface area contributed by atoms with Crippen LogP contribution in [0.5, 0.6) is 0 Å². The zero-order chi connectivity index (χ0) is 23.1. The Morgan fingerprint density at radius 1 is 0.906 bits per heavy atom. The maximum absolute atomic E-state index is 12.9. The molecule has 8 nitrogen and oxygen atoms in total. The van der Waals surface area contributed by atoms with Gasteiger partial charge in [-0.25, -0.2) is 13.2 Å². The van der Waals surface area contributed by atoms with Crippen LogP contribution in [0.1, 0.15) is 10.4 Å². The Bertz CT molecular complexity index is 1200. The first kappa shape index (κ1) is 22.8. The van der Waals surface area contributed by atoms with E-state index in [1.165, 1.54) is 30.6 Å². The normalized spacial score (nSPS) is 10.8. The lowest BCUT2D eigenvalue weighted by Gasteiger charge is -2.20. The van der Waals surface area contributed by atoms with Gasteiger partial charge in [-0.3, -0.25) is 9.10 Å². The first-order valence-electron chi connectivity index (χ1n) is 9.67. The summed E-state index contributed by atoms with van der Waals surface area (Å²) in [5.41, 5.74) is 1.93. The fraction of sp³-hybridized carbons (Fsp3) is 0.130. The lowest BCUT2D eigenvalue weighted by molar-refractivity contribution is -0.114. The molecule has 2 N–H and O–H groups in total. The first-order chi connectivity index (χ1) is 15.3. The van der Waals surface area contributed by atoms with E-state index in [9.17, 15) is 18.0 Å². The molecular formula is C23H23N3O5S. The number of para-hydroxylation sites is 1. The van der Waals surface area contributed by atoms with E-state index in [-0.39, 0.29) is 17.3 Å². The maximum Gasteiger partial charge on any atom is 0.337 e. The summed E-state index contributed by atoms with van der Waals surface area (Å²) in [4.78, 5) is 23.8. The standard InChI is InChI=1S/C23H23N3O5S/c1-26(20-8-4-3-5-9-20)32(29,30)21-10-6-7-19(15-21)24-16-22(27)25-18-13-11-17(12-14-18)23(28)31-2/h3-15,24H,16H2,1-2H3,(H,25,27). The molecule has 0 aliphatic heterocycles. The molecule has 3 aromatic rings. The number of hydrogen-bond donors (Lipinski definition) is 2. The molecule has 0 radical (unpaired) electrons. The van der Waals surface area contributed by atoms with Crippen molar-refractivity contribution in [2.75, 3.05) is 35.6 Å². The number of hydrogen-bond acceptors (Lipinski definition) is 6. The van der Waals surface area contributed by atoms with Gasteiger partial charge in [0.25, 0.3) is 10.0 Å². The monoisotopic (exact) mass is 453 g/mol. The summed E-state index contributed by atoms with van der Waals surface area (Å²) in [7, 11) is -0.975. The Hall–Kier alpha value is -3.85. The summed E-state index contributed by atoms with van der Waals surface area (Å²) >= 11 is 0. The van der Waals surface area contributed by atoms with Crippen LogP contribution in [0.4, 0.5) is 17.1 Å². The van der Waals surface area contributed by atoms with Crippen LogP contribution in [-0.2, 0) is 19.6 Å². The number of anilines is 3. The molecule has 0 heterocycles. The van der Waals surface area contributed by atoms with E-state index in [0.717, 1.165) is 0 Å². The second kappa shape index (κ2) is 9.97. The van der Waals surface area contributed by atoms with E-state index in [1.807, 2.05) is 6.07 Å². The predicted octanol–water partition coefficient (Wildman–Crippen LogP) is 3.35. The molecule has 0 saturated heterocycles. The van der Waals surface area contributed by atoms with Gasteiger partial charge in [0.1, 0.15) is 0 Å². The highest BCUT2D eigenvalue weighted by Gasteiger charge is 2.21. The molecule has 0 fully saturated rings. The number of methoxy groups -OCH3 is 1. The summed E-state index contributed by atoms with van der Waals surface area (Å²) in [6, 6.07) is 21.3. The van der Waals surface area contributed by atoms with Crippen LogP contribution in [0.25, 0.3) is 0 Å². The van der Waals surface area contributed by atoms with Crippen LogP contribution in [0, 0.1) is 0 Å². The minimum Gasteiger partial charge on any atom is -0.465 e. The van der Waals surface area contributed by atoms with Gasteiger partial charge in [0.2, 0.25) is 5.91 Å². The van der Waals surface area contributed by atoms with Gasteiger partial charge in [0.15, 0.2) is 0 Å². The highest BCUT2D eigenvalue weighted by Crippen LogP contribution is 2.23. The number of amides is 1. The van der Waals surface area contributed by atoms with Crippen molar-refractivity contribution in [2.45, 2.75) is 4.90 Å². The second-order valence-electron chi connectivity index (χ2n) is 6.81. The highest BCUT2D eigenvalue weighted by molar-refractivity contribution is 7.92. The molecule has 3 rings (SSSR count). The Balaban J connectivity index is 1.63. The Kier molecular flexibility index (Phi) is 7.11. The lowest BCUT2D eigenvalue weighted by Crippen LogP contribution is -2.26. The van der Waals surface area contributed by atoms with E-state index >= 15 is 0 Å². The van der Waals surface area contributed by atoms with Crippen LogP contribution in [-0.4, -0.2) is 41.0 Å². The number of esters is 1. The molecule has 0 unspecified atom stereocenters. The van der Waals surface area contributed by atoms with Crippen molar-refractivity contribution in [3.8, 4) is 0 Å². The van der Waals surface area contributed by atoms with Gasteiger partial charge in [0, 0.05) is 18.4 Å². The van der Waals surface area contributed by atoms with Crippen molar-refractivity contribution in [3.63, 3.8) is 0 Å². The minimum absolute atomic E-state index is 0.0726. The van der Waals surface area contributed by atoms with E-state index in [0.29, 0.717) is 22.6 Å². The Morgan fingerprint density at radius 2 is 1.59 bits per heavy atom. The molecule has 0 aliphatic rings. The molecule has 0 atom stereocenters. The van der Waals surface area contributed by atoms with Gasteiger partial charge < -0.3 is 15.4 Å². The fourth-order valence-electron chi connectivity index (χ4n) is 2.90. The van der Waals surface area contributed by atoms with Gasteiger partial charge in [-0.2, -0.15) is 0 Å². The number of nitrogens with one attached hydrogen (secondary N) is 2. The quantitative estimate of drug-likeness (QED) is 0.507. The predicted molar refractivity (Wildman–Crippen MR) is 123 cm³/mol. The topological polar surface area (TPSA) is 105 Å². The van der Waals surface area contributed by atoms with Crippen molar-refractivity contribution >= 4 is 39.0 Å². The van der Waals surface area contributed by atoms with Crippen molar-refractivity contribution in [3.05, 3.63) is 84.4 Å². The number of carbonyl (C=O) groups is 2. The van der Waals surface area contributed by atoms with Gasteiger partial charge in [0.05, 0.1) is 29.8 Å². The van der Waals surface area contributed by atoms with E-state index < -0.39 is 16.0 Å². The number of rotatable bonds is 8. The van der Waals surface area contributed by atoms with Crippen LogP contribution >= 0.6 is 0 Å². The van der Waals surface area contributed by atoms with Gasteiger partial charge in [-0.15, -0.1) is 0 Å². The number of ether oxygens (including phenoxy) is 1. The average molecular weight is 454 g/mol. The molecule has 0 aromatic heterocycles. The van der Waals surface area contributed by atoms with Gasteiger partial charge in [-0.05, 0) is 54.6 Å². The smallest absolute Gasteiger partial charge is 0.337 e. The van der Waals surface area contributed by atoms with Crippen molar-refractivity contribution < 1.29 is 22.7 Å². The molecule has 32 heavy (non-hydrogen) atoms. The summed E-state index contributed by atoms with van der Waals surface area (Å²) in [5, 5.41) is 5.63. The molecule has 166 valence electrons. The molecule has 0 spiro atoms. The largest absolute Gasteiger partial charge is 0.465 e. The third kappa shape index (κ3) is 5.44. The molecule has 0 saturated carbocycles. The summed E-state index contributed by atoms with van der Waals surface area (Å²) < 4.78 is 31.7. The molecular weight excluding hydrogens is 430 g/mol.